The number of aliphatic hydroxyl groups excluding tert-OH is 1. The van der Waals surface area contributed by atoms with Gasteiger partial charge in [0.15, 0.2) is 0 Å². The van der Waals surface area contributed by atoms with Gasteiger partial charge < -0.3 is 9.67 Å². The maximum absolute atomic E-state index is 13.5. The fourth-order valence-electron chi connectivity index (χ4n) is 3.25. The molecule has 0 spiro atoms. The minimum atomic E-state index is -4.76. The molecule has 1 heterocycles. The van der Waals surface area contributed by atoms with Crippen molar-refractivity contribution in [1.82, 2.24) is 9.55 Å². The van der Waals surface area contributed by atoms with Crippen LogP contribution >= 0.6 is 22.6 Å². The molecule has 1 N–H and O–H groups in total. The molecule has 19 heavy (non-hydrogen) atoms. The summed E-state index contributed by atoms with van der Waals surface area (Å²) in [5.74, 6) is -0.486. The summed E-state index contributed by atoms with van der Waals surface area (Å²) in [6, 6.07) is 0. The normalized spacial score (nSPS) is 35.3. The van der Waals surface area contributed by atoms with E-state index in [0.717, 1.165) is 0 Å². The van der Waals surface area contributed by atoms with Crippen LogP contribution in [-0.4, -0.2) is 27.0 Å². The molecule has 4 rings (SSSR count). The van der Waals surface area contributed by atoms with Gasteiger partial charge in [0.05, 0.1) is 0 Å². The molecule has 1 unspecified atom stereocenters. The quantitative estimate of drug-likeness (QED) is 0.623. The molecule has 0 aromatic carbocycles. The Morgan fingerprint density at radius 1 is 1.42 bits per heavy atom. The smallest absolute Gasteiger partial charge is 0.377 e. The predicted octanol–water partition coefficient (Wildman–Crippen LogP) is 2.93. The number of alkyl halides is 4. The second-order valence-corrected chi connectivity index (χ2v) is 6.45. The molecule has 8 heteroatoms. The Morgan fingerprint density at radius 2 is 2.05 bits per heavy atom. The van der Waals surface area contributed by atoms with Gasteiger partial charge in [0, 0.05) is 18.2 Å². The van der Waals surface area contributed by atoms with Crippen molar-refractivity contribution in [2.24, 2.45) is 5.92 Å². The molecule has 3 saturated carbocycles. The number of nitrogens with zero attached hydrogens (tertiary/aromatic N) is 2. The van der Waals surface area contributed by atoms with Gasteiger partial charge in [-0.25, -0.2) is 9.37 Å². The van der Waals surface area contributed by atoms with Crippen molar-refractivity contribution >= 4 is 22.6 Å². The lowest BCUT2D eigenvalue weighted by atomic mass is 9.76. The molecule has 1 aromatic heterocycles. The average Bonchev–Trinajstić information content (AvgIpc) is 2.84. The van der Waals surface area contributed by atoms with Crippen molar-refractivity contribution in [2.45, 2.75) is 43.3 Å². The molecule has 106 valence electrons. The first-order valence-corrected chi connectivity index (χ1v) is 6.95. The standard InChI is InChI=1S/C11H11F4IN2O/c12-6-3-10(1-5(6)2-10)18-4-7(16)17-9(18)8(19)11(13,14)15/h4-6,8,19H,1-3H2/t5?,6?,8-,10?/m0/s1. The maximum Gasteiger partial charge on any atom is 0.421 e. The van der Waals surface area contributed by atoms with E-state index in [1.54, 1.807) is 22.6 Å². The first-order chi connectivity index (χ1) is 8.73. The molecule has 0 saturated heterocycles. The number of halogens is 5. The number of rotatable bonds is 2. The zero-order valence-electron chi connectivity index (χ0n) is 9.66. The van der Waals surface area contributed by atoms with Gasteiger partial charge in [-0.2, -0.15) is 13.2 Å². The van der Waals surface area contributed by atoms with Gasteiger partial charge >= 0.3 is 6.18 Å². The molecule has 3 nitrogen and oxygen atoms in total. The molecule has 0 aliphatic heterocycles. The van der Waals surface area contributed by atoms with Crippen molar-refractivity contribution in [3.8, 4) is 0 Å². The summed E-state index contributed by atoms with van der Waals surface area (Å²) < 4.78 is 53.2. The van der Waals surface area contributed by atoms with Gasteiger partial charge in [-0.05, 0) is 41.4 Å². The Labute approximate surface area is 120 Å². The van der Waals surface area contributed by atoms with E-state index in [9.17, 15) is 22.7 Å². The van der Waals surface area contributed by atoms with E-state index in [4.69, 9.17) is 0 Å². The lowest BCUT2D eigenvalue weighted by molar-refractivity contribution is -0.210. The van der Waals surface area contributed by atoms with Crippen LogP contribution in [0, 0.1) is 9.62 Å². The first-order valence-electron chi connectivity index (χ1n) is 5.87. The van der Waals surface area contributed by atoms with Crippen molar-refractivity contribution < 1.29 is 22.7 Å². The molecule has 3 aliphatic rings. The van der Waals surface area contributed by atoms with Crippen LogP contribution in [0.5, 0.6) is 0 Å². The third-order valence-electron chi connectivity index (χ3n) is 4.14. The number of hydrogen-bond acceptors (Lipinski definition) is 2. The summed E-state index contributed by atoms with van der Waals surface area (Å²) in [6.45, 7) is 0. The number of fused-ring (bicyclic) bond motifs is 1. The second kappa shape index (κ2) is 4.06. The van der Waals surface area contributed by atoms with Crippen LogP contribution in [0.4, 0.5) is 17.6 Å². The number of hydrogen-bond donors (Lipinski definition) is 1. The van der Waals surface area contributed by atoms with Crippen molar-refractivity contribution in [2.75, 3.05) is 0 Å². The summed E-state index contributed by atoms with van der Waals surface area (Å²) >= 11 is 1.80. The van der Waals surface area contributed by atoms with Gasteiger partial charge in [-0.1, -0.05) is 0 Å². The van der Waals surface area contributed by atoms with Crippen LogP contribution in [0.15, 0.2) is 6.20 Å². The molecule has 1 aromatic rings. The molecular weight excluding hydrogens is 379 g/mol. The van der Waals surface area contributed by atoms with Gasteiger partial charge in [0.2, 0.25) is 6.10 Å². The van der Waals surface area contributed by atoms with Crippen LogP contribution in [-0.2, 0) is 5.54 Å². The summed E-state index contributed by atoms with van der Waals surface area (Å²) in [7, 11) is 0. The summed E-state index contributed by atoms with van der Waals surface area (Å²) in [6.07, 6.45) is -5.62. The second-order valence-electron chi connectivity index (χ2n) is 5.35. The zero-order chi connectivity index (χ0) is 14.0. The average molecular weight is 390 g/mol. The Morgan fingerprint density at radius 3 is 2.53 bits per heavy atom. The molecule has 2 atom stereocenters. The van der Waals surface area contributed by atoms with Gasteiger partial charge in [0.25, 0.3) is 0 Å². The van der Waals surface area contributed by atoms with Crippen molar-refractivity contribution in [1.29, 1.82) is 0 Å². The lowest BCUT2D eigenvalue weighted by Crippen LogP contribution is -2.41. The van der Waals surface area contributed by atoms with Gasteiger partial charge in [-0.15, -0.1) is 0 Å². The zero-order valence-corrected chi connectivity index (χ0v) is 11.8. The lowest BCUT2D eigenvalue weighted by Gasteiger charge is -2.40. The predicted molar refractivity (Wildman–Crippen MR) is 66.2 cm³/mol. The number of imidazole rings is 1. The maximum atomic E-state index is 13.5. The Bertz CT molecular complexity index is 509. The van der Waals surface area contributed by atoms with E-state index >= 15 is 0 Å². The highest BCUT2D eigenvalue weighted by molar-refractivity contribution is 14.1. The molecular formula is C11H11F4IN2O. The molecule has 3 fully saturated rings. The highest BCUT2D eigenvalue weighted by atomic mass is 127. The van der Waals surface area contributed by atoms with Crippen LogP contribution < -0.4 is 0 Å². The summed E-state index contributed by atoms with van der Waals surface area (Å²) in [4.78, 5) is 3.77. The van der Waals surface area contributed by atoms with E-state index < -0.39 is 29.8 Å². The molecule has 0 radical (unpaired) electrons. The summed E-state index contributed by atoms with van der Waals surface area (Å²) in [5, 5.41) is 9.40. The monoisotopic (exact) mass is 390 g/mol. The molecule has 2 bridgehead atoms. The van der Waals surface area contributed by atoms with Gasteiger partial charge in [0.1, 0.15) is 15.7 Å². The van der Waals surface area contributed by atoms with Crippen LogP contribution in [0.25, 0.3) is 0 Å². The fourth-order valence-corrected chi connectivity index (χ4v) is 3.77. The van der Waals surface area contributed by atoms with Crippen molar-refractivity contribution in [3.05, 3.63) is 15.7 Å². The van der Waals surface area contributed by atoms with E-state index in [2.05, 4.69) is 4.98 Å². The van der Waals surface area contributed by atoms with Gasteiger partial charge in [-0.3, -0.25) is 0 Å². The van der Waals surface area contributed by atoms with Crippen LogP contribution in [0.3, 0.4) is 0 Å². The highest BCUT2D eigenvalue weighted by Crippen LogP contribution is 2.59. The van der Waals surface area contributed by atoms with E-state index in [1.165, 1.54) is 10.8 Å². The third-order valence-corrected chi connectivity index (χ3v) is 4.66. The first kappa shape index (κ1) is 13.6. The fraction of sp³-hybridized carbons (Fsp3) is 0.727. The Balaban J connectivity index is 1.99. The minimum Gasteiger partial charge on any atom is -0.377 e. The third kappa shape index (κ3) is 1.98. The summed E-state index contributed by atoms with van der Waals surface area (Å²) in [5.41, 5.74) is -0.623. The largest absolute Gasteiger partial charge is 0.421 e. The van der Waals surface area contributed by atoms with E-state index in [-0.39, 0.29) is 12.3 Å². The molecule has 3 aliphatic carbocycles. The SMILES string of the molecule is O[C@@H](c1nc(I)cn1C12CC(F)C(C1)C2)C(F)(F)F. The Hall–Kier alpha value is -0.380. The van der Waals surface area contributed by atoms with E-state index in [1.807, 2.05) is 0 Å². The van der Waals surface area contributed by atoms with E-state index in [0.29, 0.717) is 16.5 Å². The minimum absolute atomic E-state index is 0.0593. The van der Waals surface area contributed by atoms with Crippen molar-refractivity contribution in [3.63, 3.8) is 0 Å². The topological polar surface area (TPSA) is 38.1 Å². The molecule has 0 amide bonds. The number of aromatic nitrogens is 2. The Kier molecular flexibility index (Phi) is 2.91. The number of aliphatic hydroxyl groups is 1. The van der Waals surface area contributed by atoms with Crippen LogP contribution in [0.2, 0.25) is 0 Å². The highest BCUT2D eigenvalue weighted by Gasteiger charge is 2.59. The van der Waals surface area contributed by atoms with Crippen LogP contribution in [0.1, 0.15) is 31.2 Å².